The minimum absolute atomic E-state index is 0.0968. The highest BCUT2D eigenvalue weighted by atomic mass is 16.5. The fourth-order valence-corrected chi connectivity index (χ4v) is 5.74. The minimum Gasteiger partial charge on any atom is -0.504 e. The Kier molecular flexibility index (Phi) is 23.8. The highest BCUT2D eigenvalue weighted by Gasteiger charge is 2.29. The number of benzene rings is 1. The van der Waals surface area contributed by atoms with Crippen LogP contribution in [0.3, 0.4) is 0 Å². The van der Waals surface area contributed by atoms with Crippen molar-refractivity contribution in [1.29, 1.82) is 0 Å². The molecule has 1 rings (SSSR count). The first-order valence-electron chi connectivity index (χ1n) is 18.1. The third kappa shape index (κ3) is 17.1. The van der Waals surface area contributed by atoms with E-state index < -0.39 is 17.5 Å². The van der Waals surface area contributed by atoms with Crippen LogP contribution in [0.1, 0.15) is 191 Å². The fourth-order valence-electron chi connectivity index (χ4n) is 5.74. The molecule has 0 aliphatic heterocycles. The lowest BCUT2D eigenvalue weighted by Gasteiger charge is -2.21. The third-order valence-corrected chi connectivity index (χ3v) is 8.44. The van der Waals surface area contributed by atoms with Crippen molar-refractivity contribution in [3.8, 4) is 23.0 Å². The summed E-state index contributed by atoms with van der Waals surface area (Å²) < 4.78 is 12.3. The van der Waals surface area contributed by atoms with E-state index in [1.165, 1.54) is 96.3 Å². The third-order valence-electron chi connectivity index (χ3n) is 8.44. The van der Waals surface area contributed by atoms with Crippen LogP contribution in [0.5, 0.6) is 23.0 Å². The van der Waals surface area contributed by atoms with Crippen molar-refractivity contribution in [2.45, 2.75) is 181 Å². The normalized spacial score (nSPS) is 11.2. The molecule has 0 aliphatic rings. The van der Waals surface area contributed by atoms with Crippen molar-refractivity contribution in [2.75, 3.05) is 13.2 Å². The summed E-state index contributed by atoms with van der Waals surface area (Å²) in [6, 6.07) is 0. The van der Waals surface area contributed by atoms with Gasteiger partial charge in [-0.25, -0.2) is 4.79 Å². The van der Waals surface area contributed by atoms with Gasteiger partial charge in [-0.05, 0) is 25.7 Å². The first-order chi connectivity index (χ1) is 21.0. The zero-order valence-corrected chi connectivity index (χ0v) is 28.2. The molecule has 0 aromatic heterocycles. The van der Waals surface area contributed by atoms with Crippen LogP contribution in [0, 0.1) is 0 Å². The van der Waals surface area contributed by atoms with Gasteiger partial charge in [-0.2, -0.15) is 0 Å². The van der Waals surface area contributed by atoms with Crippen LogP contribution in [0.2, 0.25) is 0 Å². The van der Waals surface area contributed by atoms with Crippen LogP contribution in [-0.2, 0) is 6.42 Å². The van der Waals surface area contributed by atoms with Gasteiger partial charge in [0, 0.05) is 5.56 Å². The molecule has 0 heterocycles. The molecule has 0 aliphatic carbocycles. The summed E-state index contributed by atoms with van der Waals surface area (Å²) in [6.07, 6.45) is 28.2. The van der Waals surface area contributed by atoms with Gasteiger partial charge in [-0.3, -0.25) is 0 Å². The molecule has 6 nitrogen and oxygen atoms in total. The van der Waals surface area contributed by atoms with Crippen molar-refractivity contribution >= 4 is 5.97 Å². The predicted molar refractivity (Wildman–Crippen MR) is 179 cm³/mol. The van der Waals surface area contributed by atoms with Gasteiger partial charge in [0.25, 0.3) is 0 Å². The number of unbranched alkanes of at least 4 members (excludes halogenated alkanes) is 21. The van der Waals surface area contributed by atoms with Crippen molar-refractivity contribution < 1.29 is 29.6 Å². The number of carboxylic acid groups (broad SMARTS) is 1. The number of carbonyl (C=O) groups is 1. The molecule has 0 saturated heterocycles. The maximum absolute atomic E-state index is 12.3. The molecule has 0 fully saturated rings. The van der Waals surface area contributed by atoms with Crippen LogP contribution in [0.4, 0.5) is 0 Å². The molecule has 1 aromatic rings. The maximum Gasteiger partial charge on any atom is 0.340 e. The van der Waals surface area contributed by atoms with Crippen LogP contribution >= 0.6 is 0 Å². The molecule has 0 spiro atoms. The van der Waals surface area contributed by atoms with Gasteiger partial charge in [0.05, 0.1) is 13.2 Å². The molecule has 0 atom stereocenters. The summed E-state index contributed by atoms with van der Waals surface area (Å²) in [7, 11) is 0. The van der Waals surface area contributed by atoms with Crippen LogP contribution in [-0.4, -0.2) is 34.5 Å². The molecule has 0 unspecified atom stereocenters. The lowest BCUT2D eigenvalue weighted by atomic mass is 9.97. The molecule has 43 heavy (non-hydrogen) atoms. The van der Waals surface area contributed by atoms with Crippen molar-refractivity contribution in [3.05, 3.63) is 11.1 Å². The topological polar surface area (TPSA) is 96.2 Å². The minimum atomic E-state index is -1.26. The monoisotopic (exact) mass is 606 g/mol. The number of carboxylic acids is 1. The second kappa shape index (κ2) is 26.3. The predicted octanol–water partition coefficient (Wildman–Crippen LogP) is 11.5. The van der Waals surface area contributed by atoms with Crippen molar-refractivity contribution in [2.24, 2.45) is 0 Å². The summed E-state index contributed by atoms with van der Waals surface area (Å²) in [6.45, 7) is 7.48. The van der Waals surface area contributed by atoms with Crippen LogP contribution in [0.15, 0.2) is 0 Å². The average Bonchev–Trinajstić information content (AvgIpc) is 2.99. The van der Waals surface area contributed by atoms with Crippen LogP contribution < -0.4 is 9.47 Å². The van der Waals surface area contributed by atoms with E-state index in [2.05, 4.69) is 20.8 Å². The van der Waals surface area contributed by atoms with E-state index in [4.69, 9.17) is 9.47 Å². The zero-order valence-electron chi connectivity index (χ0n) is 28.2. The second-order valence-electron chi connectivity index (χ2n) is 12.4. The van der Waals surface area contributed by atoms with E-state index in [-0.39, 0.29) is 11.3 Å². The number of aromatic carboxylic acids is 1. The van der Waals surface area contributed by atoms with Gasteiger partial charge in [-0.15, -0.1) is 0 Å². The number of ether oxygens (including phenoxy) is 2. The number of hydrogen-bond donors (Lipinski definition) is 3. The Morgan fingerprint density at radius 3 is 1.23 bits per heavy atom. The van der Waals surface area contributed by atoms with E-state index in [0.29, 0.717) is 30.9 Å². The molecular weight excluding hydrogens is 540 g/mol. The highest BCUT2D eigenvalue weighted by molar-refractivity contribution is 5.96. The van der Waals surface area contributed by atoms with Crippen molar-refractivity contribution in [3.63, 3.8) is 0 Å². The maximum atomic E-state index is 12.3. The number of phenols is 2. The summed E-state index contributed by atoms with van der Waals surface area (Å²) in [5.41, 5.74) is 0.185. The largest absolute Gasteiger partial charge is 0.504 e. The van der Waals surface area contributed by atoms with E-state index in [1.807, 2.05) is 0 Å². The van der Waals surface area contributed by atoms with Gasteiger partial charge in [0.15, 0.2) is 11.5 Å². The zero-order chi connectivity index (χ0) is 31.5. The number of hydrogen-bond acceptors (Lipinski definition) is 5. The molecule has 0 amide bonds. The number of aromatic hydroxyl groups is 2. The van der Waals surface area contributed by atoms with Gasteiger partial charge >= 0.3 is 5.97 Å². The Morgan fingerprint density at radius 1 is 0.488 bits per heavy atom. The molecule has 0 bridgehead atoms. The van der Waals surface area contributed by atoms with Gasteiger partial charge in [0.1, 0.15) is 5.56 Å². The molecule has 250 valence electrons. The number of rotatable bonds is 30. The summed E-state index contributed by atoms with van der Waals surface area (Å²) in [5.74, 6) is -2.00. The standard InChI is InChI=1S/C37H66O6/c1-4-7-10-13-16-19-22-25-28-31-32(37(40)41)33(38)34(39)36(43-30-27-24-21-18-15-12-9-6-3)35(31)42-29-26-23-20-17-14-11-8-5-2/h38-39H,4-30H2,1-3H3,(H,40,41). The fraction of sp³-hybridized carbons (Fsp3) is 0.811. The van der Waals surface area contributed by atoms with E-state index in [9.17, 15) is 20.1 Å². The lowest BCUT2D eigenvalue weighted by Crippen LogP contribution is -2.11. The first-order valence-corrected chi connectivity index (χ1v) is 18.1. The Bertz CT molecular complexity index is 837. The molecule has 1 aromatic carbocycles. The van der Waals surface area contributed by atoms with Crippen LogP contribution in [0.25, 0.3) is 0 Å². The Morgan fingerprint density at radius 2 is 0.837 bits per heavy atom. The van der Waals surface area contributed by atoms with Gasteiger partial charge in [-0.1, -0.05) is 156 Å². The Hall–Kier alpha value is -2.11. The Labute approximate surface area is 264 Å². The lowest BCUT2D eigenvalue weighted by molar-refractivity contribution is 0.0690. The molecule has 6 heteroatoms. The van der Waals surface area contributed by atoms with E-state index in [1.54, 1.807) is 0 Å². The summed E-state index contributed by atoms with van der Waals surface area (Å²) in [5, 5.41) is 31.7. The first kappa shape index (κ1) is 38.9. The Balaban J connectivity index is 2.91. The van der Waals surface area contributed by atoms with Crippen molar-refractivity contribution in [1.82, 2.24) is 0 Å². The summed E-state index contributed by atoms with van der Waals surface area (Å²) in [4.78, 5) is 12.3. The molecular formula is C37H66O6. The SMILES string of the molecule is CCCCCCCCCCOc1c(O)c(O)c(C(=O)O)c(CCCCCCCCCC)c1OCCCCCCCCCC. The summed E-state index contributed by atoms with van der Waals surface area (Å²) >= 11 is 0. The highest BCUT2D eigenvalue weighted by Crippen LogP contribution is 2.49. The van der Waals surface area contributed by atoms with E-state index >= 15 is 0 Å². The number of phenolic OH excluding ortho intramolecular Hbond substituents is 1. The average molecular weight is 607 g/mol. The quantitative estimate of drug-likeness (QED) is 0.0595. The van der Waals surface area contributed by atoms with E-state index in [0.717, 1.165) is 57.8 Å². The molecule has 3 N–H and O–H groups in total. The molecule has 0 radical (unpaired) electrons. The smallest absolute Gasteiger partial charge is 0.340 e. The molecule has 0 saturated carbocycles. The van der Waals surface area contributed by atoms with Gasteiger partial charge in [0.2, 0.25) is 11.5 Å². The second-order valence-corrected chi connectivity index (χ2v) is 12.4. The van der Waals surface area contributed by atoms with Gasteiger partial charge < -0.3 is 24.8 Å².